The molecule has 0 amide bonds. The van der Waals surface area contributed by atoms with Crippen molar-refractivity contribution in [3.05, 3.63) is 17.2 Å². The van der Waals surface area contributed by atoms with Crippen LogP contribution in [0.1, 0.15) is 11.1 Å². The summed E-state index contributed by atoms with van der Waals surface area (Å²) >= 11 is 0.913. The quantitative estimate of drug-likeness (QED) is 0.247. The van der Waals surface area contributed by atoms with Crippen LogP contribution in [0.15, 0.2) is 11.0 Å². The Hall–Kier alpha value is -1.36. The maximum atomic E-state index is 9.67. The molecule has 76 valence electrons. The van der Waals surface area contributed by atoms with Crippen molar-refractivity contribution in [3.8, 4) is 11.5 Å². The van der Waals surface area contributed by atoms with Gasteiger partial charge in [0.25, 0.3) is 0 Å². The number of nitrogens with two attached hydrogens (primary N) is 1. The van der Waals surface area contributed by atoms with Crippen LogP contribution in [0.5, 0.6) is 11.5 Å². The first-order valence-electron chi connectivity index (χ1n) is 3.97. The first kappa shape index (κ1) is 10.7. The molecule has 0 fully saturated rings. The molecule has 1 aromatic carbocycles. The zero-order chi connectivity index (χ0) is 10.9. The Kier molecular flexibility index (Phi) is 2.90. The van der Waals surface area contributed by atoms with Crippen molar-refractivity contribution in [1.82, 2.24) is 0 Å². The molecule has 0 aromatic heterocycles. The number of amidine groups is 1. The highest BCUT2D eigenvalue weighted by Gasteiger charge is 2.12. The monoisotopic (exact) mass is 212 g/mol. The van der Waals surface area contributed by atoms with Gasteiger partial charge >= 0.3 is 0 Å². The second-order valence-corrected chi connectivity index (χ2v) is 4.04. The lowest BCUT2D eigenvalue weighted by molar-refractivity contribution is 0.442. The van der Waals surface area contributed by atoms with Gasteiger partial charge in [-0.25, -0.2) is 0 Å². The second kappa shape index (κ2) is 3.79. The summed E-state index contributed by atoms with van der Waals surface area (Å²) < 4.78 is 0. The van der Waals surface area contributed by atoms with Gasteiger partial charge in [0.15, 0.2) is 5.17 Å². The molecule has 0 bridgehead atoms. The summed E-state index contributed by atoms with van der Waals surface area (Å²) in [5, 5.41) is 26.1. The van der Waals surface area contributed by atoms with E-state index in [4.69, 9.17) is 11.1 Å². The van der Waals surface area contributed by atoms with Crippen LogP contribution in [0.2, 0.25) is 0 Å². The number of rotatable bonds is 1. The zero-order valence-corrected chi connectivity index (χ0v) is 8.77. The summed E-state index contributed by atoms with van der Waals surface area (Å²) in [5.41, 5.74) is 6.43. The molecule has 0 aliphatic carbocycles. The molecule has 0 heterocycles. The van der Waals surface area contributed by atoms with Gasteiger partial charge in [0, 0.05) is 0 Å². The normalized spacial score (nSPS) is 10.1. The van der Waals surface area contributed by atoms with Crippen LogP contribution in [-0.4, -0.2) is 15.4 Å². The Labute approximate surface area is 86.3 Å². The van der Waals surface area contributed by atoms with Crippen molar-refractivity contribution >= 4 is 16.9 Å². The van der Waals surface area contributed by atoms with Gasteiger partial charge < -0.3 is 15.9 Å². The standard InChI is InChI=1S/C9H12N2O2S/c1-4-5(2)8(13)7(3-6(4)12)14-9(10)11/h3,12-13H,1-2H3,(H3,10,11). The average molecular weight is 212 g/mol. The number of hydrogen-bond acceptors (Lipinski definition) is 4. The van der Waals surface area contributed by atoms with Crippen molar-refractivity contribution in [2.24, 2.45) is 5.73 Å². The molecule has 0 atom stereocenters. The highest BCUT2D eigenvalue weighted by molar-refractivity contribution is 8.13. The fraction of sp³-hybridized carbons (Fsp3) is 0.222. The molecule has 0 spiro atoms. The van der Waals surface area contributed by atoms with E-state index in [0.717, 1.165) is 11.8 Å². The Morgan fingerprint density at radius 2 is 1.93 bits per heavy atom. The van der Waals surface area contributed by atoms with Gasteiger partial charge in [-0.1, -0.05) is 0 Å². The van der Waals surface area contributed by atoms with E-state index in [9.17, 15) is 10.2 Å². The van der Waals surface area contributed by atoms with Gasteiger partial charge in [-0.05, 0) is 42.8 Å². The largest absolute Gasteiger partial charge is 0.508 e. The lowest BCUT2D eigenvalue weighted by atomic mass is 10.1. The Morgan fingerprint density at radius 3 is 2.43 bits per heavy atom. The van der Waals surface area contributed by atoms with E-state index in [-0.39, 0.29) is 16.7 Å². The van der Waals surface area contributed by atoms with Crippen LogP contribution in [0.4, 0.5) is 0 Å². The van der Waals surface area contributed by atoms with Crippen LogP contribution in [0, 0.1) is 19.3 Å². The lowest BCUT2D eigenvalue weighted by Gasteiger charge is -2.10. The number of phenolic OH excluding ortho intramolecular Hbond substituents is 2. The minimum absolute atomic E-state index is 0.0699. The number of nitrogens with one attached hydrogen (secondary N) is 1. The highest BCUT2D eigenvalue weighted by atomic mass is 32.2. The van der Waals surface area contributed by atoms with Crippen LogP contribution >= 0.6 is 11.8 Å². The zero-order valence-electron chi connectivity index (χ0n) is 7.96. The molecule has 0 saturated carbocycles. The maximum absolute atomic E-state index is 9.67. The first-order chi connectivity index (χ1) is 6.43. The predicted molar refractivity (Wildman–Crippen MR) is 57.0 cm³/mol. The van der Waals surface area contributed by atoms with E-state index in [1.54, 1.807) is 13.8 Å². The number of thioether (sulfide) groups is 1. The van der Waals surface area contributed by atoms with Gasteiger partial charge in [0.1, 0.15) is 11.5 Å². The third kappa shape index (κ3) is 1.93. The topological polar surface area (TPSA) is 90.3 Å². The van der Waals surface area contributed by atoms with E-state index in [1.165, 1.54) is 6.07 Å². The minimum Gasteiger partial charge on any atom is -0.508 e. The second-order valence-electron chi connectivity index (χ2n) is 2.96. The summed E-state index contributed by atoms with van der Waals surface area (Å²) in [6.07, 6.45) is 0. The number of phenols is 2. The van der Waals surface area contributed by atoms with Gasteiger partial charge in [-0.15, -0.1) is 0 Å². The summed E-state index contributed by atoms with van der Waals surface area (Å²) in [5.74, 6) is 0.171. The van der Waals surface area contributed by atoms with Gasteiger partial charge in [-0.2, -0.15) is 0 Å². The molecule has 0 unspecified atom stereocenters. The third-order valence-corrected chi connectivity index (χ3v) is 2.77. The number of aromatic hydroxyl groups is 2. The van der Waals surface area contributed by atoms with Crippen LogP contribution in [0.25, 0.3) is 0 Å². The molecule has 0 radical (unpaired) electrons. The molecule has 5 N–H and O–H groups in total. The van der Waals surface area contributed by atoms with Crippen molar-refractivity contribution in [1.29, 1.82) is 5.41 Å². The summed E-state index contributed by atoms with van der Waals surface area (Å²) in [4.78, 5) is 0.401. The number of benzene rings is 1. The maximum Gasteiger partial charge on any atom is 0.156 e. The summed E-state index contributed by atoms with van der Waals surface area (Å²) in [6, 6.07) is 1.41. The fourth-order valence-electron chi connectivity index (χ4n) is 1.05. The first-order valence-corrected chi connectivity index (χ1v) is 4.79. The Morgan fingerprint density at radius 1 is 1.36 bits per heavy atom. The lowest BCUT2D eigenvalue weighted by Crippen LogP contribution is -2.03. The van der Waals surface area contributed by atoms with Crippen LogP contribution in [0.3, 0.4) is 0 Å². The predicted octanol–water partition coefficient (Wildman–Crippen LogP) is 1.70. The van der Waals surface area contributed by atoms with Crippen molar-refractivity contribution in [3.63, 3.8) is 0 Å². The molecule has 14 heavy (non-hydrogen) atoms. The SMILES string of the molecule is Cc1c(O)cc(SC(=N)N)c(O)c1C. The molecular formula is C9H12N2O2S. The molecule has 1 aromatic rings. The molecule has 1 rings (SSSR count). The highest BCUT2D eigenvalue weighted by Crippen LogP contribution is 2.37. The van der Waals surface area contributed by atoms with E-state index in [2.05, 4.69) is 0 Å². The van der Waals surface area contributed by atoms with Crippen LogP contribution < -0.4 is 5.73 Å². The van der Waals surface area contributed by atoms with E-state index in [0.29, 0.717) is 16.0 Å². The van der Waals surface area contributed by atoms with Gasteiger partial charge in [0.2, 0.25) is 0 Å². The molecule has 0 saturated heterocycles. The summed E-state index contributed by atoms with van der Waals surface area (Å²) in [6.45, 7) is 3.42. The fourth-order valence-corrected chi connectivity index (χ4v) is 1.71. The van der Waals surface area contributed by atoms with E-state index < -0.39 is 0 Å². The minimum atomic E-state index is -0.122. The van der Waals surface area contributed by atoms with Gasteiger partial charge in [-0.3, -0.25) is 5.41 Å². The van der Waals surface area contributed by atoms with E-state index in [1.807, 2.05) is 0 Å². The Bertz CT molecular complexity index is 391. The van der Waals surface area contributed by atoms with Crippen molar-refractivity contribution in [2.75, 3.05) is 0 Å². The summed E-state index contributed by atoms with van der Waals surface area (Å²) in [7, 11) is 0. The molecule has 0 aliphatic heterocycles. The smallest absolute Gasteiger partial charge is 0.156 e. The molecular weight excluding hydrogens is 200 g/mol. The van der Waals surface area contributed by atoms with Crippen LogP contribution in [-0.2, 0) is 0 Å². The van der Waals surface area contributed by atoms with Crippen molar-refractivity contribution < 1.29 is 10.2 Å². The molecule has 0 aliphatic rings. The molecule has 5 heteroatoms. The van der Waals surface area contributed by atoms with E-state index >= 15 is 0 Å². The third-order valence-electron chi connectivity index (χ3n) is 2.02. The number of hydrogen-bond donors (Lipinski definition) is 4. The molecule has 4 nitrogen and oxygen atoms in total. The average Bonchev–Trinajstić information content (AvgIpc) is 2.10. The van der Waals surface area contributed by atoms with Crippen molar-refractivity contribution in [2.45, 2.75) is 18.7 Å². The Balaban J connectivity index is 3.25. The van der Waals surface area contributed by atoms with Gasteiger partial charge in [0.05, 0.1) is 4.90 Å².